The van der Waals surface area contributed by atoms with Gasteiger partial charge < -0.3 is 10.6 Å². The first-order valence-corrected chi connectivity index (χ1v) is 6.04. The second kappa shape index (κ2) is 5.53. The predicted octanol–water partition coefficient (Wildman–Crippen LogP) is 1.66. The number of nitrogens with zero attached hydrogens (tertiary/aromatic N) is 1. The van der Waals surface area contributed by atoms with Gasteiger partial charge in [-0.15, -0.1) is 0 Å². The summed E-state index contributed by atoms with van der Waals surface area (Å²) in [6, 6.07) is 8.40. The monoisotopic (exact) mass is 239 g/mol. The second-order valence-electron chi connectivity index (χ2n) is 4.23. The van der Waals surface area contributed by atoms with E-state index in [2.05, 4.69) is 22.6 Å². The molecule has 0 aliphatic carbocycles. The highest BCUT2D eigenvalue weighted by Crippen LogP contribution is 2.13. The van der Waals surface area contributed by atoms with Crippen molar-refractivity contribution in [1.29, 1.82) is 0 Å². The van der Waals surface area contributed by atoms with Crippen LogP contribution in [-0.4, -0.2) is 44.2 Å². The Morgan fingerprint density at radius 1 is 1.44 bits per heavy atom. The number of anilines is 1. The molecule has 0 bridgehead atoms. The Bertz CT molecular complexity index is 326. The van der Waals surface area contributed by atoms with Crippen LogP contribution in [0.3, 0.4) is 0 Å². The molecule has 88 valence electrons. The lowest BCUT2D eigenvalue weighted by atomic mass is 10.2. The fraction of sp³-hybridized carbons (Fsp3) is 0.500. The normalized spacial score (nSPS) is 22.0. The molecule has 0 spiro atoms. The molecule has 1 aliphatic rings. The lowest BCUT2D eigenvalue weighted by Gasteiger charge is -2.33. The standard InChI is InChI=1S/C12H18ClN3/c1-16-7-6-14-8-12(16)9-15-11-4-2-10(13)3-5-11/h2-5,12,14-15H,6-9H2,1H3. The Morgan fingerprint density at radius 3 is 2.88 bits per heavy atom. The molecule has 2 rings (SSSR count). The van der Waals surface area contributed by atoms with E-state index in [0.717, 1.165) is 36.9 Å². The van der Waals surface area contributed by atoms with Gasteiger partial charge in [0, 0.05) is 42.9 Å². The van der Waals surface area contributed by atoms with Gasteiger partial charge in [-0.05, 0) is 31.3 Å². The highest BCUT2D eigenvalue weighted by atomic mass is 35.5. The molecule has 16 heavy (non-hydrogen) atoms. The smallest absolute Gasteiger partial charge is 0.0407 e. The maximum absolute atomic E-state index is 5.84. The van der Waals surface area contributed by atoms with Crippen molar-refractivity contribution in [1.82, 2.24) is 10.2 Å². The fourth-order valence-electron chi connectivity index (χ4n) is 1.89. The van der Waals surface area contributed by atoms with E-state index in [0.29, 0.717) is 6.04 Å². The Hall–Kier alpha value is -0.770. The summed E-state index contributed by atoms with van der Waals surface area (Å²) in [5.74, 6) is 0. The van der Waals surface area contributed by atoms with Gasteiger partial charge in [-0.2, -0.15) is 0 Å². The van der Waals surface area contributed by atoms with E-state index < -0.39 is 0 Å². The molecule has 0 amide bonds. The van der Waals surface area contributed by atoms with Crippen molar-refractivity contribution in [3.05, 3.63) is 29.3 Å². The summed E-state index contributed by atoms with van der Waals surface area (Å²) < 4.78 is 0. The van der Waals surface area contributed by atoms with Gasteiger partial charge in [0.15, 0.2) is 0 Å². The van der Waals surface area contributed by atoms with Crippen molar-refractivity contribution in [2.45, 2.75) is 6.04 Å². The number of hydrogen-bond donors (Lipinski definition) is 2. The maximum atomic E-state index is 5.84. The molecule has 0 aromatic heterocycles. The Morgan fingerprint density at radius 2 is 2.19 bits per heavy atom. The van der Waals surface area contributed by atoms with Gasteiger partial charge in [-0.25, -0.2) is 0 Å². The van der Waals surface area contributed by atoms with Gasteiger partial charge in [0.05, 0.1) is 0 Å². The van der Waals surface area contributed by atoms with Crippen molar-refractivity contribution < 1.29 is 0 Å². The molecule has 3 nitrogen and oxygen atoms in total. The van der Waals surface area contributed by atoms with E-state index in [-0.39, 0.29) is 0 Å². The minimum Gasteiger partial charge on any atom is -0.383 e. The van der Waals surface area contributed by atoms with Crippen LogP contribution in [0.5, 0.6) is 0 Å². The lowest BCUT2D eigenvalue weighted by molar-refractivity contribution is 0.209. The molecule has 0 radical (unpaired) electrons. The highest BCUT2D eigenvalue weighted by Gasteiger charge is 2.17. The van der Waals surface area contributed by atoms with Gasteiger partial charge in [0.25, 0.3) is 0 Å². The van der Waals surface area contributed by atoms with E-state index in [4.69, 9.17) is 11.6 Å². The third-order valence-corrected chi connectivity index (χ3v) is 3.28. The van der Waals surface area contributed by atoms with Crippen molar-refractivity contribution in [2.75, 3.05) is 38.5 Å². The van der Waals surface area contributed by atoms with Gasteiger partial charge >= 0.3 is 0 Å². The molecule has 0 saturated carbocycles. The van der Waals surface area contributed by atoms with Gasteiger partial charge in [-0.3, -0.25) is 4.90 Å². The zero-order valence-corrected chi connectivity index (χ0v) is 10.3. The van der Waals surface area contributed by atoms with Crippen LogP contribution in [0.4, 0.5) is 5.69 Å². The third-order valence-electron chi connectivity index (χ3n) is 3.03. The van der Waals surface area contributed by atoms with Crippen molar-refractivity contribution >= 4 is 17.3 Å². The fourth-order valence-corrected chi connectivity index (χ4v) is 2.02. The maximum Gasteiger partial charge on any atom is 0.0407 e. The number of piperazine rings is 1. The minimum absolute atomic E-state index is 0.560. The summed E-state index contributed by atoms with van der Waals surface area (Å²) in [4.78, 5) is 2.39. The topological polar surface area (TPSA) is 27.3 Å². The second-order valence-corrected chi connectivity index (χ2v) is 4.66. The zero-order chi connectivity index (χ0) is 11.4. The van der Waals surface area contributed by atoms with E-state index in [1.807, 2.05) is 24.3 Å². The molecular formula is C12H18ClN3. The van der Waals surface area contributed by atoms with E-state index in [9.17, 15) is 0 Å². The average molecular weight is 240 g/mol. The molecule has 1 aliphatic heterocycles. The number of likely N-dealkylation sites (N-methyl/N-ethyl adjacent to an activating group) is 1. The van der Waals surface area contributed by atoms with Crippen molar-refractivity contribution in [3.8, 4) is 0 Å². The summed E-state index contributed by atoms with van der Waals surface area (Å²) in [5.41, 5.74) is 1.13. The summed E-state index contributed by atoms with van der Waals surface area (Å²) in [6.45, 7) is 4.23. The minimum atomic E-state index is 0.560. The van der Waals surface area contributed by atoms with Crippen LogP contribution in [0.15, 0.2) is 24.3 Å². The van der Waals surface area contributed by atoms with Gasteiger partial charge in [-0.1, -0.05) is 11.6 Å². The molecule has 1 atom stereocenters. The summed E-state index contributed by atoms with van der Waals surface area (Å²) in [7, 11) is 2.18. The van der Waals surface area contributed by atoms with Crippen LogP contribution in [0.25, 0.3) is 0 Å². The average Bonchev–Trinajstić information content (AvgIpc) is 2.30. The van der Waals surface area contributed by atoms with Crippen molar-refractivity contribution in [2.24, 2.45) is 0 Å². The van der Waals surface area contributed by atoms with Crippen molar-refractivity contribution in [3.63, 3.8) is 0 Å². The van der Waals surface area contributed by atoms with E-state index in [1.165, 1.54) is 0 Å². The number of rotatable bonds is 3. The summed E-state index contributed by atoms with van der Waals surface area (Å²) in [5, 5.41) is 7.62. The third kappa shape index (κ3) is 3.11. The molecule has 4 heteroatoms. The molecule has 2 N–H and O–H groups in total. The Kier molecular flexibility index (Phi) is 4.04. The first-order chi connectivity index (χ1) is 7.75. The van der Waals surface area contributed by atoms with E-state index in [1.54, 1.807) is 0 Å². The van der Waals surface area contributed by atoms with Gasteiger partial charge in [0.2, 0.25) is 0 Å². The number of halogens is 1. The highest BCUT2D eigenvalue weighted by molar-refractivity contribution is 6.30. The van der Waals surface area contributed by atoms with Crippen LogP contribution < -0.4 is 10.6 Å². The van der Waals surface area contributed by atoms with Crippen LogP contribution in [0.1, 0.15) is 0 Å². The lowest BCUT2D eigenvalue weighted by Crippen LogP contribution is -2.52. The summed E-state index contributed by atoms with van der Waals surface area (Å²) in [6.07, 6.45) is 0. The summed E-state index contributed by atoms with van der Waals surface area (Å²) >= 11 is 5.84. The Balaban J connectivity index is 1.84. The number of nitrogens with one attached hydrogen (secondary N) is 2. The van der Waals surface area contributed by atoms with E-state index >= 15 is 0 Å². The largest absolute Gasteiger partial charge is 0.383 e. The first-order valence-electron chi connectivity index (χ1n) is 5.66. The molecular weight excluding hydrogens is 222 g/mol. The predicted molar refractivity (Wildman–Crippen MR) is 69.2 cm³/mol. The SMILES string of the molecule is CN1CCNCC1CNc1ccc(Cl)cc1. The number of benzene rings is 1. The van der Waals surface area contributed by atoms with Crippen LogP contribution in [0, 0.1) is 0 Å². The quantitative estimate of drug-likeness (QED) is 0.840. The molecule has 1 fully saturated rings. The number of hydrogen-bond acceptors (Lipinski definition) is 3. The van der Waals surface area contributed by atoms with Gasteiger partial charge in [0.1, 0.15) is 0 Å². The molecule has 1 aromatic rings. The first kappa shape index (κ1) is 11.7. The Labute approximate surface area is 102 Å². The van der Waals surface area contributed by atoms with Crippen LogP contribution in [-0.2, 0) is 0 Å². The molecule has 1 heterocycles. The zero-order valence-electron chi connectivity index (χ0n) is 9.54. The molecule has 1 unspecified atom stereocenters. The van der Waals surface area contributed by atoms with Crippen LogP contribution in [0.2, 0.25) is 5.02 Å². The molecule has 1 saturated heterocycles. The molecule has 1 aromatic carbocycles. The van der Waals surface area contributed by atoms with Crippen LogP contribution >= 0.6 is 11.6 Å².